The van der Waals surface area contributed by atoms with E-state index in [-0.39, 0.29) is 0 Å². The van der Waals surface area contributed by atoms with Gasteiger partial charge in [-0.15, -0.1) is 5.10 Å². The Balaban J connectivity index is 1.33. The summed E-state index contributed by atoms with van der Waals surface area (Å²) in [5, 5.41) is 8.90. The number of aryl methyl sites for hydroxylation is 1. The van der Waals surface area contributed by atoms with E-state index in [1.807, 2.05) is 23.0 Å². The SMILES string of the molecule is Cc1cccc(-n2cc([C@H]3CC[C@H]4CN(c5ncccc5N)CCN43)nn2)c1. The number of piperazine rings is 1. The summed E-state index contributed by atoms with van der Waals surface area (Å²) in [7, 11) is 0. The number of benzene rings is 1. The molecule has 2 aromatic heterocycles. The molecule has 0 saturated carbocycles. The molecule has 7 heteroatoms. The number of hydrogen-bond donors (Lipinski definition) is 1. The molecule has 2 N–H and O–H groups in total. The van der Waals surface area contributed by atoms with Crippen LogP contribution in [0.1, 0.15) is 30.1 Å². The van der Waals surface area contributed by atoms with Crippen molar-refractivity contribution in [2.45, 2.75) is 31.8 Å². The van der Waals surface area contributed by atoms with Crippen LogP contribution in [0.25, 0.3) is 5.69 Å². The molecule has 2 atom stereocenters. The summed E-state index contributed by atoms with van der Waals surface area (Å²) in [6.07, 6.45) is 6.18. The summed E-state index contributed by atoms with van der Waals surface area (Å²) in [6, 6.07) is 13.0. The second-order valence-electron chi connectivity index (χ2n) is 7.77. The van der Waals surface area contributed by atoms with Gasteiger partial charge in [-0.25, -0.2) is 9.67 Å². The van der Waals surface area contributed by atoms with Gasteiger partial charge in [0.2, 0.25) is 0 Å². The number of rotatable bonds is 3. The first-order chi connectivity index (χ1) is 13.7. The third-order valence-corrected chi connectivity index (χ3v) is 5.94. The minimum atomic E-state index is 0.340. The van der Waals surface area contributed by atoms with Gasteiger partial charge in [-0.1, -0.05) is 17.3 Å². The Labute approximate surface area is 164 Å². The highest BCUT2D eigenvalue weighted by Crippen LogP contribution is 2.38. The zero-order valence-corrected chi connectivity index (χ0v) is 16.1. The van der Waals surface area contributed by atoms with Crippen LogP contribution in [0.3, 0.4) is 0 Å². The number of aromatic nitrogens is 4. The van der Waals surface area contributed by atoms with Gasteiger partial charge in [0.15, 0.2) is 5.82 Å². The van der Waals surface area contributed by atoms with E-state index in [0.717, 1.165) is 55.4 Å². The highest BCUT2D eigenvalue weighted by molar-refractivity contribution is 5.62. The maximum absolute atomic E-state index is 6.14. The molecule has 0 unspecified atom stereocenters. The molecule has 144 valence electrons. The lowest BCUT2D eigenvalue weighted by Crippen LogP contribution is -2.51. The molecule has 2 saturated heterocycles. The molecular formula is C21H25N7. The van der Waals surface area contributed by atoms with Gasteiger partial charge in [-0.2, -0.15) is 0 Å². The fourth-order valence-electron chi connectivity index (χ4n) is 4.56. The molecular weight excluding hydrogens is 350 g/mol. The van der Waals surface area contributed by atoms with Crippen LogP contribution < -0.4 is 10.6 Å². The number of anilines is 2. The normalized spacial score (nSPS) is 22.4. The quantitative estimate of drug-likeness (QED) is 0.758. The van der Waals surface area contributed by atoms with Gasteiger partial charge < -0.3 is 10.6 Å². The first kappa shape index (κ1) is 17.2. The van der Waals surface area contributed by atoms with Gasteiger partial charge in [0.1, 0.15) is 5.69 Å². The molecule has 7 nitrogen and oxygen atoms in total. The summed E-state index contributed by atoms with van der Waals surface area (Å²) in [5.41, 5.74) is 10.2. The van der Waals surface area contributed by atoms with Crippen molar-refractivity contribution in [1.82, 2.24) is 24.9 Å². The predicted molar refractivity (Wildman–Crippen MR) is 109 cm³/mol. The van der Waals surface area contributed by atoms with Crippen molar-refractivity contribution in [2.24, 2.45) is 0 Å². The average molecular weight is 375 g/mol. The molecule has 4 heterocycles. The summed E-state index contributed by atoms with van der Waals surface area (Å²) in [5.74, 6) is 0.913. The van der Waals surface area contributed by atoms with Crippen LogP contribution in [0, 0.1) is 6.92 Å². The Morgan fingerprint density at radius 2 is 2.04 bits per heavy atom. The van der Waals surface area contributed by atoms with Gasteiger partial charge in [0.25, 0.3) is 0 Å². The van der Waals surface area contributed by atoms with E-state index in [4.69, 9.17) is 5.73 Å². The van der Waals surface area contributed by atoms with E-state index >= 15 is 0 Å². The lowest BCUT2D eigenvalue weighted by atomic mass is 10.1. The van der Waals surface area contributed by atoms with Crippen molar-refractivity contribution in [3.05, 3.63) is 60.0 Å². The molecule has 0 spiro atoms. The molecule has 5 rings (SSSR count). The van der Waals surface area contributed by atoms with Gasteiger partial charge in [0.05, 0.1) is 23.6 Å². The lowest BCUT2D eigenvalue weighted by molar-refractivity contribution is 0.173. The maximum atomic E-state index is 6.14. The number of nitrogen functional groups attached to an aromatic ring is 1. The smallest absolute Gasteiger partial charge is 0.151 e. The standard InChI is InChI=1S/C21H25N7/c1-15-4-2-5-16(12-15)28-14-19(24-25-28)20-8-7-17-13-26(10-11-27(17)20)21-18(22)6-3-9-23-21/h2-6,9,12,14,17,20H,7-8,10-11,13,22H2,1H3/t17-,20+/m0/s1. The van der Waals surface area contributed by atoms with Crippen molar-refractivity contribution >= 4 is 11.5 Å². The van der Waals surface area contributed by atoms with Crippen molar-refractivity contribution < 1.29 is 0 Å². The molecule has 2 aliphatic heterocycles. The molecule has 0 radical (unpaired) electrons. The van der Waals surface area contributed by atoms with Crippen LogP contribution in [0.5, 0.6) is 0 Å². The van der Waals surface area contributed by atoms with E-state index < -0.39 is 0 Å². The number of fused-ring (bicyclic) bond motifs is 1. The monoisotopic (exact) mass is 375 g/mol. The molecule has 0 aliphatic carbocycles. The first-order valence-electron chi connectivity index (χ1n) is 9.89. The Morgan fingerprint density at radius 3 is 2.89 bits per heavy atom. The Hall–Kier alpha value is -2.93. The number of pyridine rings is 1. The minimum Gasteiger partial charge on any atom is -0.396 e. The van der Waals surface area contributed by atoms with Gasteiger partial charge in [0, 0.05) is 31.9 Å². The highest BCUT2D eigenvalue weighted by atomic mass is 15.4. The Bertz CT molecular complexity index is 982. The van der Waals surface area contributed by atoms with Crippen LogP contribution in [0.2, 0.25) is 0 Å². The molecule has 2 aliphatic rings. The second-order valence-corrected chi connectivity index (χ2v) is 7.77. The van der Waals surface area contributed by atoms with Crippen molar-refractivity contribution in [2.75, 3.05) is 30.3 Å². The summed E-state index contributed by atoms with van der Waals surface area (Å²) in [6.45, 7) is 4.98. The van der Waals surface area contributed by atoms with Gasteiger partial charge in [-0.05, 0) is 49.6 Å². The zero-order chi connectivity index (χ0) is 19.1. The number of hydrogen-bond acceptors (Lipinski definition) is 6. The predicted octanol–water partition coefficient (Wildman–Crippen LogP) is 2.58. The summed E-state index contributed by atoms with van der Waals surface area (Å²) >= 11 is 0. The second kappa shape index (κ2) is 6.91. The van der Waals surface area contributed by atoms with E-state index in [9.17, 15) is 0 Å². The average Bonchev–Trinajstić information content (AvgIpc) is 3.35. The zero-order valence-electron chi connectivity index (χ0n) is 16.1. The molecule has 0 bridgehead atoms. The fraction of sp³-hybridized carbons (Fsp3) is 0.381. The molecule has 1 aromatic carbocycles. The third kappa shape index (κ3) is 3.01. The van der Waals surface area contributed by atoms with Crippen LogP contribution in [0.15, 0.2) is 48.8 Å². The third-order valence-electron chi connectivity index (χ3n) is 5.94. The van der Waals surface area contributed by atoms with Crippen molar-refractivity contribution in [3.63, 3.8) is 0 Å². The molecule has 3 aromatic rings. The number of nitrogens with zero attached hydrogens (tertiary/aromatic N) is 6. The molecule has 0 amide bonds. The van der Waals surface area contributed by atoms with Crippen LogP contribution >= 0.6 is 0 Å². The van der Waals surface area contributed by atoms with Crippen LogP contribution in [-0.2, 0) is 0 Å². The van der Waals surface area contributed by atoms with Gasteiger partial charge in [-0.3, -0.25) is 4.90 Å². The Kier molecular flexibility index (Phi) is 4.24. The van der Waals surface area contributed by atoms with Crippen molar-refractivity contribution in [3.8, 4) is 5.69 Å². The fourth-order valence-corrected chi connectivity index (χ4v) is 4.56. The number of nitrogens with two attached hydrogens (primary N) is 1. The summed E-state index contributed by atoms with van der Waals surface area (Å²) < 4.78 is 1.89. The summed E-state index contributed by atoms with van der Waals surface area (Å²) in [4.78, 5) is 9.40. The van der Waals surface area contributed by atoms with E-state index in [1.54, 1.807) is 0 Å². The van der Waals surface area contributed by atoms with Crippen LogP contribution in [0.4, 0.5) is 11.5 Å². The van der Waals surface area contributed by atoms with E-state index in [0.29, 0.717) is 12.1 Å². The lowest BCUT2D eigenvalue weighted by Gasteiger charge is -2.40. The largest absolute Gasteiger partial charge is 0.396 e. The van der Waals surface area contributed by atoms with E-state index in [2.05, 4.69) is 62.5 Å². The first-order valence-corrected chi connectivity index (χ1v) is 9.89. The minimum absolute atomic E-state index is 0.340. The topological polar surface area (TPSA) is 76.1 Å². The maximum Gasteiger partial charge on any atom is 0.151 e. The van der Waals surface area contributed by atoms with Crippen LogP contribution in [-0.4, -0.2) is 50.6 Å². The Morgan fingerprint density at radius 1 is 1.11 bits per heavy atom. The van der Waals surface area contributed by atoms with E-state index in [1.165, 1.54) is 5.56 Å². The van der Waals surface area contributed by atoms with Crippen molar-refractivity contribution in [1.29, 1.82) is 0 Å². The molecule has 28 heavy (non-hydrogen) atoms. The van der Waals surface area contributed by atoms with Gasteiger partial charge >= 0.3 is 0 Å². The highest BCUT2D eigenvalue weighted by Gasteiger charge is 2.39. The molecule has 2 fully saturated rings.